The fourth-order valence-electron chi connectivity index (χ4n) is 2.89. The molecule has 0 saturated heterocycles. The van der Waals surface area contributed by atoms with Gasteiger partial charge in [-0.25, -0.2) is 0 Å². The summed E-state index contributed by atoms with van der Waals surface area (Å²) in [4.78, 5) is 12.3. The van der Waals surface area contributed by atoms with Gasteiger partial charge in [0.15, 0.2) is 0 Å². The molecule has 0 aromatic heterocycles. The maximum Gasteiger partial charge on any atom is 0.223 e. The summed E-state index contributed by atoms with van der Waals surface area (Å²) in [6.45, 7) is 4.32. The van der Waals surface area contributed by atoms with E-state index in [-0.39, 0.29) is 24.0 Å². The van der Waals surface area contributed by atoms with Crippen LogP contribution in [0.3, 0.4) is 0 Å². The normalized spacial score (nSPS) is 20.4. The molecule has 18 heavy (non-hydrogen) atoms. The van der Waals surface area contributed by atoms with Crippen molar-refractivity contribution in [3.63, 3.8) is 0 Å². The van der Waals surface area contributed by atoms with Crippen LogP contribution in [0.15, 0.2) is 0 Å². The van der Waals surface area contributed by atoms with Crippen LogP contribution in [-0.2, 0) is 4.79 Å². The topological polar surface area (TPSA) is 49.3 Å². The van der Waals surface area contributed by atoms with Crippen molar-refractivity contribution in [2.75, 3.05) is 6.61 Å². The van der Waals surface area contributed by atoms with Crippen LogP contribution in [0.1, 0.15) is 71.6 Å². The quantitative estimate of drug-likeness (QED) is 0.734. The highest BCUT2D eigenvalue weighted by Gasteiger charge is 2.34. The van der Waals surface area contributed by atoms with Gasteiger partial charge in [0.1, 0.15) is 0 Å². The van der Waals surface area contributed by atoms with E-state index in [1.165, 1.54) is 6.42 Å². The van der Waals surface area contributed by atoms with Gasteiger partial charge in [-0.2, -0.15) is 0 Å². The average Bonchev–Trinajstić information content (AvgIpc) is 2.40. The monoisotopic (exact) mass is 255 g/mol. The van der Waals surface area contributed by atoms with E-state index in [0.717, 1.165) is 51.4 Å². The van der Waals surface area contributed by atoms with Gasteiger partial charge in [0.25, 0.3) is 0 Å². The van der Waals surface area contributed by atoms with Crippen molar-refractivity contribution in [1.82, 2.24) is 5.32 Å². The Balaban J connectivity index is 2.53. The molecule has 1 atom stereocenters. The van der Waals surface area contributed by atoms with Crippen LogP contribution in [0.5, 0.6) is 0 Å². The Labute approximate surface area is 111 Å². The highest BCUT2D eigenvalue weighted by molar-refractivity contribution is 5.79. The maximum atomic E-state index is 12.3. The fourth-order valence-corrected chi connectivity index (χ4v) is 2.89. The van der Waals surface area contributed by atoms with Gasteiger partial charge in [-0.3, -0.25) is 4.79 Å². The Kier molecular flexibility index (Phi) is 6.69. The molecule has 106 valence electrons. The van der Waals surface area contributed by atoms with Crippen LogP contribution in [0, 0.1) is 5.92 Å². The van der Waals surface area contributed by atoms with E-state index in [1.807, 2.05) is 0 Å². The summed E-state index contributed by atoms with van der Waals surface area (Å²) in [5.74, 6) is 0.275. The summed E-state index contributed by atoms with van der Waals surface area (Å²) in [6.07, 6.45) is 9.43. The van der Waals surface area contributed by atoms with E-state index in [2.05, 4.69) is 19.2 Å². The lowest BCUT2D eigenvalue weighted by Gasteiger charge is -2.37. The first-order valence-corrected chi connectivity index (χ1v) is 7.60. The molecule has 1 aliphatic rings. The number of hydrogen-bond acceptors (Lipinski definition) is 2. The van der Waals surface area contributed by atoms with Crippen LogP contribution < -0.4 is 5.32 Å². The van der Waals surface area contributed by atoms with Crippen molar-refractivity contribution >= 4 is 5.91 Å². The third-order valence-corrected chi connectivity index (χ3v) is 4.27. The lowest BCUT2D eigenvalue weighted by atomic mass is 9.81. The third kappa shape index (κ3) is 4.27. The Morgan fingerprint density at radius 1 is 1.28 bits per heavy atom. The highest BCUT2D eigenvalue weighted by Crippen LogP contribution is 2.28. The molecule has 0 bridgehead atoms. The molecule has 0 radical (unpaired) electrons. The fraction of sp³-hybridized carbons (Fsp3) is 0.933. The van der Waals surface area contributed by atoms with Gasteiger partial charge in [-0.15, -0.1) is 0 Å². The second-order valence-electron chi connectivity index (χ2n) is 5.74. The number of rotatable bonds is 7. The molecule has 1 aliphatic carbocycles. The minimum Gasteiger partial charge on any atom is -0.394 e. The lowest BCUT2D eigenvalue weighted by Crippen LogP contribution is -2.54. The van der Waals surface area contributed by atoms with Crippen molar-refractivity contribution in [3.8, 4) is 0 Å². The minimum absolute atomic E-state index is 0.0863. The molecule has 1 saturated carbocycles. The summed E-state index contributed by atoms with van der Waals surface area (Å²) >= 11 is 0. The molecule has 3 heteroatoms. The predicted molar refractivity (Wildman–Crippen MR) is 74.4 cm³/mol. The first-order valence-electron chi connectivity index (χ1n) is 7.60. The van der Waals surface area contributed by atoms with E-state index in [4.69, 9.17) is 0 Å². The Morgan fingerprint density at radius 3 is 2.44 bits per heavy atom. The summed E-state index contributed by atoms with van der Waals surface area (Å²) in [5, 5.41) is 12.8. The molecule has 0 heterocycles. The molecular weight excluding hydrogens is 226 g/mol. The predicted octanol–water partition coefficient (Wildman–Crippen LogP) is 3.01. The van der Waals surface area contributed by atoms with Gasteiger partial charge in [0, 0.05) is 5.92 Å². The maximum absolute atomic E-state index is 12.3. The summed E-state index contributed by atoms with van der Waals surface area (Å²) in [5.41, 5.74) is -0.324. The number of carbonyl (C=O) groups is 1. The molecule has 3 nitrogen and oxygen atoms in total. The Bertz CT molecular complexity index is 247. The largest absolute Gasteiger partial charge is 0.394 e. The van der Waals surface area contributed by atoms with Gasteiger partial charge < -0.3 is 10.4 Å². The van der Waals surface area contributed by atoms with E-state index in [1.54, 1.807) is 0 Å². The molecule has 0 aliphatic heterocycles. The van der Waals surface area contributed by atoms with Gasteiger partial charge in [-0.1, -0.05) is 46.0 Å². The zero-order valence-electron chi connectivity index (χ0n) is 12.0. The van der Waals surface area contributed by atoms with Crippen LogP contribution in [-0.4, -0.2) is 23.2 Å². The number of aliphatic hydroxyl groups excluding tert-OH is 1. The standard InChI is InChI=1S/C15H29NO2/c1-3-5-9-13(4-2)14(18)16-15(12-17)10-7-6-8-11-15/h13,17H,3-12H2,1-2H3,(H,16,18). The van der Waals surface area contributed by atoms with Gasteiger partial charge in [-0.05, 0) is 25.7 Å². The van der Waals surface area contributed by atoms with E-state index >= 15 is 0 Å². The minimum atomic E-state index is -0.324. The molecular formula is C15H29NO2. The van der Waals surface area contributed by atoms with E-state index in [0.29, 0.717) is 0 Å². The van der Waals surface area contributed by atoms with Crippen molar-refractivity contribution in [2.45, 2.75) is 77.2 Å². The molecule has 0 aromatic rings. The van der Waals surface area contributed by atoms with Crippen LogP contribution in [0.25, 0.3) is 0 Å². The molecule has 1 fully saturated rings. The van der Waals surface area contributed by atoms with Crippen LogP contribution in [0.2, 0.25) is 0 Å². The number of hydrogen-bond donors (Lipinski definition) is 2. The second-order valence-corrected chi connectivity index (χ2v) is 5.74. The molecule has 1 rings (SSSR count). The smallest absolute Gasteiger partial charge is 0.223 e. The van der Waals surface area contributed by atoms with E-state index in [9.17, 15) is 9.90 Å². The number of nitrogens with one attached hydrogen (secondary N) is 1. The second kappa shape index (κ2) is 7.78. The summed E-state index contributed by atoms with van der Waals surface area (Å²) < 4.78 is 0. The van der Waals surface area contributed by atoms with Gasteiger partial charge >= 0.3 is 0 Å². The first kappa shape index (κ1) is 15.5. The number of aliphatic hydroxyl groups is 1. The molecule has 1 unspecified atom stereocenters. The first-order chi connectivity index (χ1) is 8.67. The number of amides is 1. The van der Waals surface area contributed by atoms with Gasteiger partial charge in [0.05, 0.1) is 12.1 Å². The zero-order chi connectivity index (χ0) is 13.4. The summed E-state index contributed by atoms with van der Waals surface area (Å²) in [6, 6.07) is 0. The average molecular weight is 255 g/mol. The molecule has 2 N–H and O–H groups in total. The van der Waals surface area contributed by atoms with Crippen molar-refractivity contribution in [2.24, 2.45) is 5.92 Å². The Hall–Kier alpha value is -0.570. The SMILES string of the molecule is CCCCC(CC)C(=O)NC1(CO)CCCCC1. The Morgan fingerprint density at radius 2 is 1.94 bits per heavy atom. The van der Waals surface area contributed by atoms with Crippen LogP contribution in [0.4, 0.5) is 0 Å². The van der Waals surface area contributed by atoms with Crippen molar-refractivity contribution < 1.29 is 9.90 Å². The van der Waals surface area contributed by atoms with Gasteiger partial charge in [0.2, 0.25) is 5.91 Å². The number of unbranched alkanes of at least 4 members (excludes halogenated alkanes) is 1. The number of carbonyl (C=O) groups excluding carboxylic acids is 1. The van der Waals surface area contributed by atoms with Crippen LogP contribution >= 0.6 is 0 Å². The van der Waals surface area contributed by atoms with E-state index < -0.39 is 0 Å². The highest BCUT2D eigenvalue weighted by atomic mass is 16.3. The third-order valence-electron chi connectivity index (χ3n) is 4.27. The van der Waals surface area contributed by atoms with Crippen molar-refractivity contribution in [1.29, 1.82) is 0 Å². The zero-order valence-corrected chi connectivity index (χ0v) is 12.0. The lowest BCUT2D eigenvalue weighted by molar-refractivity contribution is -0.128. The summed E-state index contributed by atoms with van der Waals surface area (Å²) in [7, 11) is 0. The van der Waals surface area contributed by atoms with Crippen molar-refractivity contribution in [3.05, 3.63) is 0 Å². The molecule has 0 aromatic carbocycles. The molecule has 0 spiro atoms. The molecule has 1 amide bonds.